The van der Waals surface area contributed by atoms with E-state index in [0.717, 1.165) is 72.5 Å². The molecule has 3 heterocycles. The van der Waals surface area contributed by atoms with Crippen LogP contribution in [-0.4, -0.2) is 14.5 Å². The molecule has 0 bridgehead atoms. The van der Waals surface area contributed by atoms with Gasteiger partial charge in [-0.25, -0.2) is 9.97 Å². The molecule has 288 valence electrons. The third kappa shape index (κ3) is 4.31. The van der Waals surface area contributed by atoms with Crippen molar-refractivity contribution in [3.05, 3.63) is 229 Å². The van der Waals surface area contributed by atoms with Crippen LogP contribution < -0.4 is 9.64 Å². The van der Waals surface area contributed by atoms with E-state index in [9.17, 15) is 0 Å². The molecule has 2 aliphatic carbocycles. The fourth-order valence-electron chi connectivity index (χ4n) is 11.0. The Morgan fingerprint density at radius 3 is 1.82 bits per heavy atom. The monoisotopic (exact) mass is 790 g/mol. The molecule has 9 aromatic carbocycles. The number of para-hydroxylation sites is 5. The Morgan fingerprint density at radius 2 is 1.05 bits per heavy atom. The molecule has 14 rings (SSSR count). The Kier molecular flexibility index (Phi) is 6.70. The molecular weight excluding hydrogens is 757 g/mol. The van der Waals surface area contributed by atoms with Gasteiger partial charge in [-0.15, -0.1) is 0 Å². The van der Waals surface area contributed by atoms with E-state index in [1.165, 1.54) is 44.5 Å². The molecule has 0 unspecified atom stereocenters. The van der Waals surface area contributed by atoms with Crippen molar-refractivity contribution in [3.8, 4) is 51.0 Å². The van der Waals surface area contributed by atoms with Crippen LogP contribution in [0.25, 0.3) is 72.2 Å². The maximum Gasteiger partial charge on any atom is 0.235 e. The lowest BCUT2D eigenvalue weighted by atomic mass is 9.70. The first-order valence-electron chi connectivity index (χ1n) is 21.2. The fraction of sp³-hybridized carbons (Fsp3) is 0.0175. The van der Waals surface area contributed by atoms with Crippen LogP contribution in [0.15, 0.2) is 206 Å². The second-order valence-electron chi connectivity index (χ2n) is 16.4. The van der Waals surface area contributed by atoms with Gasteiger partial charge in [0.15, 0.2) is 11.5 Å². The number of fused-ring (bicyclic) bond motifs is 17. The van der Waals surface area contributed by atoms with E-state index < -0.39 is 5.41 Å². The first-order valence-corrected chi connectivity index (χ1v) is 21.2. The maximum atomic E-state index is 6.75. The van der Waals surface area contributed by atoms with Crippen molar-refractivity contribution < 1.29 is 4.74 Å². The van der Waals surface area contributed by atoms with Gasteiger partial charge in [-0.2, -0.15) is 0 Å². The van der Waals surface area contributed by atoms with Gasteiger partial charge in [0.1, 0.15) is 5.69 Å². The minimum Gasteiger partial charge on any atom is -0.453 e. The van der Waals surface area contributed by atoms with Gasteiger partial charge in [-0.05, 0) is 99.1 Å². The van der Waals surface area contributed by atoms with E-state index in [1.54, 1.807) is 0 Å². The topological polar surface area (TPSA) is 43.2 Å². The number of hydrogen-bond acceptors (Lipinski definition) is 4. The summed E-state index contributed by atoms with van der Waals surface area (Å²) in [6.07, 6.45) is 0. The predicted molar refractivity (Wildman–Crippen MR) is 250 cm³/mol. The third-order valence-electron chi connectivity index (χ3n) is 13.4. The van der Waals surface area contributed by atoms with Gasteiger partial charge in [0, 0.05) is 27.4 Å². The molecule has 0 saturated heterocycles. The van der Waals surface area contributed by atoms with Crippen molar-refractivity contribution >= 4 is 49.8 Å². The summed E-state index contributed by atoms with van der Waals surface area (Å²) in [6.45, 7) is 0. The van der Waals surface area contributed by atoms with Crippen LogP contribution in [0.4, 0.5) is 17.1 Å². The van der Waals surface area contributed by atoms with E-state index in [1.807, 2.05) is 12.1 Å². The van der Waals surface area contributed by atoms with E-state index in [2.05, 4.69) is 204 Å². The lowest BCUT2D eigenvalue weighted by Gasteiger charge is -2.33. The zero-order chi connectivity index (χ0) is 40.5. The van der Waals surface area contributed by atoms with Gasteiger partial charge in [0.25, 0.3) is 0 Å². The summed E-state index contributed by atoms with van der Waals surface area (Å²) in [5.41, 5.74) is 17.7. The van der Waals surface area contributed by atoms with Gasteiger partial charge in [-0.3, -0.25) is 4.57 Å². The summed E-state index contributed by atoms with van der Waals surface area (Å²) < 4.78 is 8.99. The number of benzene rings is 9. The molecule has 0 fully saturated rings. The minimum atomic E-state index is -0.413. The summed E-state index contributed by atoms with van der Waals surface area (Å²) in [4.78, 5) is 13.4. The summed E-state index contributed by atoms with van der Waals surface area (Å²) in [5, 5.41) is 3.21. The van der Waals surface area contributed by atoms with Crippen LogP contribution in [0.2, 0.25) is 0 Å². The SMILES string of the molecule is c1ccc(N2c3ccccc3Oc3ccc4c5ccccc5n(-c5nc(-c6ccc7c(c6)-c6ccccc6C76c7ccccc7-c7ccccc76)c6ccccc6n5)c4c32)cc1. The molecule has 11 aromatic rings. The smallest absolute Gasteiger partial charge is 0.235 e. The number of aromatic nitrogens is 3. The van der Waals surface area contributed by atoms with Crippen molar-refractivity contribution in [1.82, 2.24) is 14.5 Å². The molecule has 0 saturated carbocycles. The van der Waals surface area contributed by atoms with Gasteiger partial charge in [-0.1, -0.05) is 152 Å². The molecule has 0 radical (unpaired) electrons. The van der Waals surface area contributed by atoms with E-state index in [-0.39, 0.29) is 0 Å². The van der Waals surface area contributed by atoms with Crippen molar-refractivity contribution in [1.29, 1.82) is 0 Å². The number of ether oxygens (including phenoxy) is 1. The highest BCUT2D eigenvalue weighted by Gasteiger charge is 2.51. The molecule has 5 heteroatoms. The van der Waals surface area contributed by atoms with E-state index in [4.69, 9.17) is 14.7 Å². The molecule has 1 aliphatic heterocycles. The Morgan fingerprint density at radius 1 is 0.435 bits per heavy atom. The van der Waals surface area contributed by atoms with Crippen molar-refractivity contribution in [3.63, 3.8) is 0 Å². The van der Waals surface area contributed by atoms with Crippen LogP contribution in [0.3, 0.4) is 0 Å². The van der Waals surface area contributed by atoms with Crippen molar-refractivity contribution in [2.24, 2.45) is 0 Å². The highest BCUT2D eigenvalue weighted by Crippen LogP contribution is 2.63. The quantitative estimate of drug-likeness (QED) is 0.179. The standard InChI is InChI=1S/C57H34N4O/c1-2-16-36(17-3-1)60-50-28-14-15-29-51(50)62-52-33-31-41-40-21-8-13-27-49(40)61(54(41)55(52)60)56-58-48-26-12-7-22-42(48)53(59-56)35-30-32-47-43(34-35)39-20-6-11-25-46(39)57(47)44-23-9-4-18-37(44)38-19-5-10-24-45(38)57/h1-34H. The first kappa shape index (κ1) is 33.5. The lowest BCUT2D eigenvalue weighted by Crippen LogP contribution is -2.25. The Labute approximate surface area is 357 Å². The Bertz CT molecular complexity index is 3650. The molecule has 62 heavy (non-hydrogen) atoms. The number of hydrogen-bond donors (Lipinski definition) is 0. The first-order chi connectivity index (χ1) is 30.8. The fourth-order valence-corrected chi connectivity index (χ4v) is 11.0. The summed E-state index contributed by atoms with van der Waals surface area (Å²) in [6, 6.07) is 74.0. The normalized spacial score (nSPS) is 13.7. The number of rotatable bonds is 3. The van der Waals surface area contributed by atoms with E-state index in [0.29, 0.717) is 5.95 Å². The zero-order valence-corrected chi connectivity index (χ0v) is 33.3. The Balaban J connectivity index is 1.04. The Hall–Kier alpha value is -8.28. The summed E-state index contributed by atoms with van der Waals surface area (Å²) in [7, 11) is 0. The molecule has 2 aromatic heterocycles. The zero-order valence-electron chi connectivity index (χ0n) is 33.3. The summed E-state index contributed by atoms with van der Waals surface area (Å²) >= 11 is 0. The third-order valence-corrected chi connectivity index (χ3v) is 13.4. The molecule has 0 N–H and O–H groups in total. The van der Waals surface area contributed by atoms with Gasteiger partial charge >= 0.3 is 0 Å². The van der Waals surface area contributed by atoms with Crippen molar-refractivity contribution in [2.45, 2.75) is 5.41 Å². The molecular formula is C57H34N4O. The van der Waals surface area contributed by atoms with Gasteiger partial charge < -0.3 is 9.64 Å². The minimum absolute atomic E-state index is 0.413. The van der Waals surface area contributed by atoms with Crippen molar-refractivity contribution in [2.75, 3.05) is 4.90 Å². The predicted octanol–water partition coefficient (Wildman–Crippen LogP) is 14.3. The van der Waals surface area contributed by atoms with Crippen LogP contribution in [0, 0.1) is 0 Å². The molecule has 5 nitrogen and oxygen atoms in total. The molecule has 0 amide bonds. The van der Waals surface area contributed by atoms with Crippen LogP contribution in [0.5, 0.6) is 11.5 Å². The van der Waals surface area contributed by atoms with Gasteiger partial charge in [0.2, 0.25) is 5.95 Å². The van der Waals surface area contributed by atoms with Crippen LogP contribution in [-0.2, 0) is 5.41 Å². The molecule has 3 aliphatic rings. The van der Waals surface area contributed by atoms with Crippen LogP contribution in [0.1, 0.15) is 22.3 Å². The average Bonchev–Trinajstić information content (AvgIpc) is 3.95. The highest BCUT2D eigenvalue weighted by molar-refractivity contribution is 6.16. The van der Waals surface area contributed by atoms with E-state index >= 15 is 0 Å². The average molecular weight is 791 g/mol. The van der Waals surface area contributed by atoms with Crippen LogP contribution >= 0.6 is 0 Å². The second-order valence-corrected chi connectivity index (χ2v) is 16.4. The number of nitrogens with zero attached hydrogens (tertiary/aromatic N) is 4. The highest BCUT2D eigenvalue weighted by atomic mass is 16.5. The maximum absolute atomic E-state index is 6.75. The molecule has 1 spiro atoms. The number of anilines is 3. The summed E-state index contributed by atoms with van der Waals surface area (Å²) in [5.74, 6) is 2.17. The molecule has 0 atom stereocenters. The second kappa shape index (κ2) is 12.4. The lowest BCUT2D eigenvalue weighted by molar-refractivity contribution is 0.477. The largest absolute Gasteiger partial charge is 0.453 e. The van der Waals surface area contributed by atoms with Gasteiger partial charge in [0.05, 0.1) is 33.3 Å².